The van der Waals surface area contributed by atoms with Crippen LogP contribution in [0.1, 0.15) is 24.4 Å². The summed E-state index contributed by atoms with van der Waals surface area (Å²) in [6.07, 6.45) is 0.287. The highest BCUT2D eigenvalue weighted by molar-refractivity contribution is 9.10. The van der Waals surface area contributed by atoms with E-state index in [1.54, 1.807) is 12.1 Å². The number of halogens is 2. The average Bonchev–Trinajstić information content (AvgIpc) is 2.18. The maximum absolute atomic E-state index is 13.1. The Bertz CT molecular complexity index is 370. The molecule has 0 saturated carbocycles. The Morgan fingerprint density at radius 2 is 2.27 bits per heavy atom. The zero-order valence-corrected chi connectivity index (χ0v) is 9.50. The fourth-order valence-corrected chi connectivity index (χ4v) is 1.44. The fraction of sp³-hybridized carbons (Fsp3) is 0.300. The summed E-state index contributed by atoms with van der Waals surface area (Å²) in [6.45, 7) is 0. The molecular weight excluding hydrogens is 265 g/mol. The largest absolute Gasteiger partial charge is 0.481 e. The van der Waals surface area contributed by atoms with Crippen LogP contribution in [-0.2, 0) is 4.79 Å². The molecule has 0 heterocycles. The molecule has 0 saturated heterocycles. The molecule has 0 fully saturated rings. The summed E-state index contributed by atoms with van der Waals surface area (Å²) in [5.74, 6) is -1.29. The first-order valence-electron chi connectivity index (χ1n) is 4.43. The van der Waals surface area contributed by atoms with Crippen molar-refractivity contribution < 1.29 is 14.3 Å². The summed E-state index contributed by atoms with van der Waals surface area (Å²) >= 11 is 3.03. The van der Waals surface area contributed by atoms with E-state index >= 15 is 0 Å². The smallest absolute Gasteiger partial charge is 0.303 e. The van der Waals surface area contributed by atoms with Gasteiger partial charge >= 0.3 is 5.97 Å². The van der Waals surface area contributed by atoms with Crippen LogP contribution in [0.15, 0.2) is 22.7 Å². The van der Waals surface area contributed by atoms with Crippen LogP contribution >= 0.6 is 15.9 Å². The third kappa shape index (κ3) is 3.60. The second-order valence-electron chi connectivity index (χ2n) is 3.21. The van der Waals surface area contributed by atoms with E-state index in [-0.39, 0.29) is 6.42 Å². The number of carboxylic acid groups (broad SMARTS) is 1. The minimum Gasteiger partial charge on any atom is -0.481 e. The van der Waals surface area contributed by atoms with Gasteiger partial charge in [-0.3, -0.25) is 4.79 Å². The molecule has 0 aromatic heterocycles. The van der Waals surface area contributed by atoms with E-state index in [9.17, 15) is 9.18 Å². The second kappa shape index (κ2) is 5.23. The van der Waals surface area contributed by atoms with Crippen molar-refractivity contribution in [1.82, 2.24) is 0 Å². The minimum atomic E-state index is -0.900. The van der Waals surface area contributed by atoms with Crippen LogP contribution in [0.5, 0.6) is 0 Å². The van der Waals surface area contributed by atoms with Gasteiger partial charge in [0.1, 0.15) is 5.82 Å². The van der Waals surface area contributed by atoms with E-state index in [0.717, 1.165) is 0 Å². The van der Waals surface area contributed by atoms with Crippen LogP contribution in [0.3, 0.4) is 0 Å². The molecule has 0 spiro atoms. The SMILES string of the molecule is N[C@H](CCC(=O)O)c1ccc(Br)c(F)c1. The molecule has 82 valence electrons. The van der Waals surface area contributed by atoms with Crippen molar-refractivity contribution in [1.29, 1.82) is 0 Å². The lowest BCUT2D eigenvalue weighted by Gasteiger charge is -2.10. The molecule has 0 amide bonds. The highest BCUT2D eigenvalue weighted by Crippen LogP contribution is 2.21. The first kappa shape index (κ1) is 12.1. The Balaban J connectivity index is 2.69. The minimum absolute atomic E-state index is 0.0150. The summed E-state index contributed by atoms with van der Waals surface area (Å²) in [6, 6.07) is 4.12. The standard InChI is InChI=1S/C10H11BrFNO2/c11-7-2-1-6(5-8(7)12)9(13)3-4-10(14)15/h1-2,5,9H,3-4,13H2,(H,14,15)/t9-/m1/s1. The van der Waals surface area contributed by atoms with Gasteiger partial charge < -0.3 is 10.8 Å². The zero-order valence-electron chi connectivity index (χ0n) is 7.91. The normalized spacial score (nSPS) is 12.5. The van der Waals surface area contributed by atoms with Gasteiger partial charge in [0.15, 0.2) is 0 Å². The molecule has 0 aliphatic heterocycles. The van der Waals surface area contributed by atoms with Crippen molar-refractivity contribution in [3.8, 4) is 0 Å². The lowest BCUT2D eigenvalue weighted by atomic mass is 10.0. The summed E-state index contributed by atoms with van der Waals surface area (Å²) in [7, 11) is 0. The van der Waals surface area contributed by atoms with Crippen LogP contribution in [0, 0.1) is 5.82 Å². The molecule has 0 aliphatic carbocycles. The molecule has 1 atom stereocenters. The highest BCUT2D eigenvalue weighted by atomic mass is 79.9. The van der Waals surface area contributed by atoms with Crippen LogP contribution in [0.4, 0.5) is 4.39 Å². The second-order valence-corrected chi connectivity index (χ2v) is 4.07. The number of nitrogens with two attached hydrogens (primary N) is 1. The Labute approximate surface area is 95.2 Å². The molecule has 3 N–H and O–H groups in total. The van der Waals surface area contributed by atoms with E-state index in [1.165, 1.54) is 6.07 Å². The molecule has 5 heteroatoms. The monoisotopic (exact) mass is 275 g/mol. The van der Waals surface area contributed by atoms with Gasteiger partial charge in [-0.15, -0.1) is 0 Å². The summed E-state index contributed by atoms with van der Waals surface area (Å²) < 4.78 is 13.5. The van der Waals surface area contributed by atoms with Crippen LogP contribution in [-0.4, -0.2) is 11.1 Å². The highest BCUT2D eigenvalue weighted by Gasteiger charge is 2.10. The van der Waals surface area contributed by atoms with Gasteiger partial charge in [-0.2, -0.15) is 0 Å². The number of aliphatic carboxylic acids is 1. The molecule has 3 nitrogen and oxygen atoms in total. The molecule has 0 bridgehead atoms. The van der Waals surface area contributed by atoms with Crippen molar-refractivity contribution in [3.05, 3.63) is 34.1 Å². The first-order chi connectivity index (χ1) is 7.00. The van der Waals surface area contributed by atoms with Gasteiger partial charge in [-0.05, 0) is 40.0 Å². The predicted octanol–water partition coefficient (Wildman–Crippen LogP) is 2.45. The number of carboxylic acids is 1. The van der Waals surface area contributed by atoms with Crippen molar-refractivity contribution in [2.24, 2.45) is 5.73 Å². The van der Waals surface area contributed by atoms with Gasteiger partial charge in [-0.25, -0.2) is 4.39 Å². The lowest BCUT2D eigenvalue weighted by Crippen LogP contribution is -2.12. The molecule has 0 radical (unpaired) electrons. The molecular formula is C10H11BrFNO2. The maximum atomic E-state index is 13.1. The van der Waals surface area contributed by atoms with Gasteiger partial charge in [0.25, 0.3) is 0 Å². The van der Waals surface area contributed by atoms with Crippen LogP contribution in [0.25, 0.3) is 0 Å². The number of hydrogen-bond acceptors (Lipinski definition) is 2. The van der Waals surface area contributed by atoms with E-state index < -0.39 is 17.8 Å². The Morgan fingerprint density at radius 3 is 2.80 bits per heavy atom. The lowest BCUT2D eigenvalue weighted by molar-refractivity contribution is -0.137. The molecule has 0 unspecified atom stereocenters. The first-order valence-corrected chi connectivity index (χ1v) is 5.22. The maximum Gasteiger partial charge on any atom is 0.303 e. The van der Waals surface area contributed by atoms with Gasteiger partial charge in [-0.1, -0.05) is 6.07 Å². The Morgan fingerprint density at radius 1 is 1.60 bits per heavy atom. The summed E-state index contributed by atoms with van der Waals surface area (Å²) in [5, 5.41) is 8.47. The summed E-state index contributed by atoms with van der Waals surface area (Å²) in [5.41, 5.74) is 6.33. The zero-order chi connectivity index (χ0) is 11.4. The van der Waals surface area contributed by atoms with Gasteiger partial charge in [0.2, 0.25) is 0 Å². The van der Waals surface area contributed by atoms with E-state index in [2.05, 4.69) is 15.9 Å². The number of hydrogen-bond donors (Lipinski definition) is 2. The number of rotatable bonds is 4. The quantitative estimate of drug-likeness (QED) is 0.887. The van der Waals surface area contributed by atoms with E-state index in [4.69, 9.17) is 10.8 Å². The van der Waals surface area contributed by atoms with Crippen LogP contribution in [0.2, 0.25) is 0 Å². The Hall–Kier alpha value is -0.940. The third-order valence-corrected chi connectivity index (χ3v) is 2.68. The molecule has 1 rings (SSSR count). The van der Waals surface area contributed by atoms with Gasteiger partial charge in [0, 0.05) is 12.5 Å². The van der Waals surface area contributed by atoms with E-state index in [0.29, 0.717) is 16.5 Å². The number of carbonyl (C=O) groups is 1. The molecule has 1 aromatic carbocycles. The molecule has 0 aliphatic rings. The van der Waals surface area contributed by atoms with Crippen LogP contribution < -0.4 is 5.73 Å². The van der Waals surface area contributed by atoms with Gasteiger partial charge in [0.05, 0.1) is 4.47 Å². The molecule has 15 heavy (non-hydrogen) atoms. The predicted molar refractivity (Wildman–Crippen MR) is 57.9 cm³/mol. The average molecular weight is 276 g/mol. The Kier molecular flexibility index (Phi) is 4.23. The van der Waals surface area contributed by atoms with Crippen molar-refractivity contribution in [2.75, 3.05) is 0 Å². The van der Waals surface area contributed by atoms with Crippen molar-refractivity contribution in [3.63, 3.8) is 0 Å². The summed E-state index contributed by atoms with van der Waals surface area (Å²) in [4.78, 5) is 10.3. The van der Waals surface area contributed by atoms with E-state index in [1.807, 2.05) is 0 Å². The third-order valence-electron chi connectivity index (χ3n) is 2.04. The molecule has 1 aromatic rings. The van der Waals surface area contributed by atoms with Crippen molar-refractivity contribution >= 4 is 21.9 Å². The topological polar surface area (TPSA) is 63.3 Å². The number of benzene rings is 1. The fourth-order valence-electron chi connectivity index (χ4n) is 1.19. The van der Waals surface area contributed by atoms with Crippen molar-refractivity contribution in [2.45, 2.75) is 18.9 Å².